The summed E-state index contributed by atoms with van der Waals surface area (Å²) in [6, 6.07) is 0. The van der Waals surface area contributed by atoms with Crippen LogP contribution in [0, 0.1) is 0 Å². The highest BCUT2D eigenvalue weighted by molar-refractivity contribution is 5.92. The highest BCUT2D eigenvalue weighted by Gasteiger charge is 2.05. The van der Waals surface area contributed by atoms with E-state index in [1.807, 2.05) is 0 Å². The Morgan fingerprint density at radius 1 is 0.857 bits per heavy atom. The molecule has 0 saturated heterocycles. The fourth-order valence-corrected chi connectivity index (χ4v) is 0.907. The third-order valence-electron chi connectivity index (χ3n) is 1.60. The molecule has 0 unspecified atom stereocenters. The van der Waals surface area contributed by atoms with E-state index in [0.717, 1.165) is 0 Å². The van der Waals surface area contributed by atoms with E-state index >= 15 is 0 Å². The molecule has 0 fully saturated rings. The molecule has 1 rings (SSSR count). The van der Waals surface area contributed by atoms with Gasteiger partial charge in [-0.1, -0.05) is 12.2 Å². The van der Waals surface area contributed by atoms with Gasteiger partial charge in [0.2, 0.25) is 0 Å². The zero-order chi connectivity index (χ0) is 10.6. The molecule has 72 valence electrons. The van der Waals surface area contributed by atoms with Crippen molar-refractivity contribution in [2.75, 3.05) is 0 Å². The summed E-state index contributed by atoms with van der Waals surface area (Å²) in [4.78, 5) is 21.1. The molecule has 0 saturated carbocycles. The number of allylic oxidation sites excluding steroid dienone is 4. The van der Waals surface area contributed by atoms with Crippen LogP contribution in [0.15, 0.2) is 47.6 Å². The van der Waals surface area contributed by atoms with E-state index in [1.165, 1.54) is 36.5 Å². The second-order valence-corrected chi connectivity index (χ2v) is 2.57. The zero-order valence-corrected chi connectivity index (χ0v) is 7.18. The summed E-state index contributed by atoms with van der Waals surface area (Å²) in [6.07, 6.45) is 8.16. The second kappa shape index (κ2) is 4.23. The Morgan fingerprint density at radius 3 is 1.50 bits per heavy atom. The average Bonchev–Trinajstić information content (AvgIpc) is 2.01. The van der Waals surface area contributed by atoms with Crippen LogP contribution in [0.4, 0.5) is 0 Å². The maximum Gasteiger partial charge on any atom is 0.335 e. The van der Waals surface area contributed by atoms with E-state index in [-0.39, 0.29) is 11.1 Å². The quantitative estimate of drug-likeness (QED) is 0.687. The summed E-state index contributed by atoms with van der Waals surface area (Å²) >= 11 is 0. The number of carboxylic acid groups (broad SMARTS) is 2. The minimum absolute atomic E-state index is 0.113. The highest BCUT2D eigenvalue weighted by atomic mass is 16.4. The summed E-state index contributed by atoms with van der Waals surface area (Å²) in [6.45, 7) is 0. The molecule has 4 nitrogen and oxygen atoms in total. The third kappa shape index (κ3) is 2.45. The summed E-state index contributed by atoms with van der Waals surface area (Å²) in [5.41, 5.74) is 0.226. The van der Waals surface area contributed by atoms with E-state index in [4.69, 9.17) is 10.2 Å². The molecule has 0 spiro atoms. The van der Waals surface area contributed by atoms with Crippen LogP contribution in [-0.2, 0) is 9.59 Å². The van der Waals surface area contributed by atoms with Gasteiger partial charge in [0.05, 0.1) is 11.1 Å². The van der Waals surface area contributed by atoms with Gasteiger partial charge in [-0.25, -0.2) is 9.59 Å². The van der Waals surface area contributed by atoms with E-state index in [2.05, 4.69) is 0 Å². The topological polar surface area (TPSA) is 74.6 Å². The fourth-order valence-electron chi connectivity index (χ4n) is 0.907. The monoisotopic (exact) mass is 192 g/mol. The molecule has 0 amide bonds. The molecule has 1 aliphatic carbocycles. The average molecular weight is 192 g/mol. The van der Waals surface area contributed by atoms with E-state index in [1.54, 1.807) is 0 Å². The molecule has 0 aromatic heterocycles. The zero-order valence-electron chi connectivity index (χ0n) is 7.18. The van der Waals surface area contributed by atoms with Crippen molar-refractivity contribution in [3.8, 4) is 0 Å². The van der Waals surface area contributed by atoms with Crippen molar-refractivity contribution in [1.82, 2.24) is 0 Å². The highest BCUT2D eigenvalue weighted by Crippen LogP contribution is 2.06. The summed E-state index contributed by atoms with van der Waals surface area (Å²) < 4.78 is 0. The van der Waals surface area contributed by atoms with Gasteiger partial charge in [-0.2, -0.15) is 0 Å². The van der Waals surface area contributed by atoms with Crippen LogP contribution in [-0.4, -0.2) is 22.2 Å². The molecule has 2 N–H and O–H groups in total. The summed E-state index contributed by atoms with van der Waals surface area (Å²) in [7, 11) is 0. The fraction of sp³-hybridized carbons (Fsp3) is 0. The van der Waals surface area contributed by atoms with Crippen molar-refractivity contribution in [1.29, 1.82) is 0 Å². The number of hydrogen-bond donors (Lipinski definition) is 2. The van der Waals surface area contributed by atoms with E-state index in [9.17, 15) is 9.59 Å². The normalized spacial score (nSPS) is 27.1. The molecule has 1 aliphatic rings. The van der Waals surface area contributed by atoms with Crippen LogP contribution in [0.3, 0.4) is 0 Å². The molecule has 0 aliphatic heterocycles. The maximum atomic E-state index is 10.5. The minimum Gasteiger partial charge on any atom is -0.478 e. The lowest BCUT2D eigenvalue weighted by atomic mass is 10.1. The molecule has 0 heterocycles. The van der Waals surface area contributed by atoms with Gasteiger partial charge >= 0.3 is 11.9 Å². The van der Waals surface area contributed by atoms with Crippen molar-refractivity contribution in [2.45, 2.75) is 0 Å². The van der Waals surface area contributed by atoms with Gasteiger partial charge in [-0.15, -0.1) is 0 Å². The van der Waals surface area contributed by atoms with Crippen molar-refractivity contribution in [2.24, 2.45) is 0 Å². The smallest absolute Gasteiger partial charge is 0.335 e. The molecule has 0 radical (unpaired) electrons. The lowest BCUT2D eigenvalue weighted by Gasteiger charge is -1.96. The predicted molar refractivity (Wildman–Crippen MR) is 49.7 cm³/mol. The van der Waals surface area contributed by atoms with Crippen molar-refractivity contribution < 1.29 is 19.8 Å². The standard InChI is InChI=1S/C10H8O4/c11-9(12)7-3-1-4-8(10(13)14)6-2-5-7/h1-6H,(H,11,12)(H,13,14)/b3-1-,4-1?,5-2?,6-2-,7-3?,7-5+,8-4+,8-6?. The minimum atomic E-state index is -1.04. The number of carbonyl (C=O) groups is 2. The van der Waals surface area contributed by atoms with Gasteiger partial charge in [0, 0.05) is 0 Å². The number of carboxylic acids is 2. The van der Waals surface area contributed by atoms with Crippen molar-refractivity contribution in [3.63, 3.8) is 0 Å². The van der Waals surface area contributed by atoms with Gasteiger partial charge in [-0.05, 0) is 24.3 Å². The first kappa shape index (κ1) is 9.98. The molecular formula is C10H8O4. The Balaban J connectivity index is 2.94. The Hall–Kier alpha value is -2.10. The Bertz CT molecular complexity index is 345. The Kier molecular flexibility index (Phi) is 3.01. The van der Waals surface area contributed by atoms with Gasteiger partial charge in [-0.3, -0.25) is 0 Å². The first-order chi connectivity index (χ1) is 6.61. The number of aliphatic carboxylic acids is 2. The van der Waals surface area contributed by atoms with Crippen molar-refractivity contribution >= 4 is 11.9 Å². The SMILES string of the molecule is O=C(O)C1=C/C=C\C(C(=O)O)=C/C=C\1. The first-order valence-electron chi connectivity index (χ1n) is 3.84. The van der Waals surface area contributed by atoms with Crippen molar-refractivity contribution in [3.05, 3.63) is 47.6 Å². The second-order valence-electron chi connectivity index (χ2n) is 2.57. The largest absolute Gasteiger partial charge is 0.478 e. The summed E-state index contributed by atoms with van der Waals surface area (Å²) in [5.74, 6) is -2.09. The maximum absolute atomic E-state index is 10.5. The van der Waals surface area contributed by atoms with E-state index in [0.29, 0.717) is 0 Å². The molecule has 14 heavy (non-hydrogen) atoms. The van der Waals surface area contributed by atoms with Crippen LogP contribution in [0.5, 0.6) is 0 Å². The first-order valence-corrected chi connectivity index (χ1v) is 3.84. The van der Waals surface area contributed by atoms with E-state index < -0.39 is 11.9 Å². The van der Waals surface area contributed by atoms with Crippen LogP contribution in [0.25, 0.3) is 0 Å². The number of hydrogen-bond acceptors (Lipinski definition) is 2. The van der Waals surface area contributed by atoms with Gasteiger partial charge < -0.3 is 10.2 Å². The molecule has 0 atom stereocenters. The lowest BCUT2D eigenvalue weighted by molar-refractivity contribution is -0.133. The van der Waals surface area contributed by atoms with Gasteiger partial charge in [0.25, 0.3) is 0 Å². The van der Waals surface area contributed by atoms with Gasteiger partial charge in [0.15, 0.2) is 0 Å². The molecule has 0 aromatic carbocycles. The number of rotatable bonds is 2. The van der Waals surface area contributed by atoms with Crippen LogP contribution in [0.2, 0.25) is 0 Å². The predicted octanol–water partition coefficient (Wildman–Crippen LogP) is 1.13. The molecular weight excluding hydrogens is 184 g/mol. The lowest BCUT2D eigenvalue weighted by Crippen LogP contribution is -2.00. The summed E-state index contributed by atoms with van der Waals surface area (Å²) in [5, 5.41) is 17.3. The van der Waals surface area contributed by atoms with Crippen LogP contribution < -0.4 is 0 Å². The molecule has 4 heteroatoms. The third-order valence-corrected chi connectivity index (χ3v) is 1.60. The Labute approximate surface area is 80.2 Å². The Morgan fingerprint density at radius 2 is 1.21 bits per heavy atom. The van der Waals surface area contributed by atoms with Crippen LogP contribution in [0.1, 0.15) is 0 Å². The van der Waals surface area contributed by atoms with Gasteiger partial charge in [0.1, 0.15) is 0 Å². The molecule has 0 aromatic rings. The molecule has 0 bridgehead atoms. The van der Waals surface area contributed by atoms with Crippen LogP contribution >= 0.6 is 0 Å².